The highest BCUT2D eigenvalue weighted by molar-refractivity contribution is 5.78. The van der Waals surface area contributed by atoms with Gasteiger partial charge in [-0.3, -0.25) is 43.5 Å². The largest absolute Gasteiger partial charge is 0.481 e. The number of hydrogen-bond acceptors (Lipinski definition) is 14. The summed E-state index contributed by atoms with van der Waals surface area (Å²) in [6.07, 6.45) is -2.01. The molecular weight excluding hydrogens is 630 g/mol. The molecule has 0 aromatic carbocycles. The van der Waals surface area contributed by atoms with Gasteiger partial charge in [-0.25, -0.2) is 0 Å². The fourth-order valence-corrected chi connectivity index (χ4v) is 4.40. The van der Waals surface area contributed by atoms with Gasteiger partial charge in [-0.1, -0.05) is 0 Å². The average molecular weight is 690 g/mol. The topological polar surface area (TPSA) is 179 Å². The minimum absolute atomic E-state index is 0.0637. The predicted molar refractivity (Wildman–Crippen MR) is 176 cm³/mol. The first kappa shape index (κ1) is 44.7. The molecule has 0 aliphatic carbocycles. The monoisotopic (exact) mass is 689 g/mol. The van der Waals surface area contributed by atoms with E-state index in [0.717, 1.165) is 0 Å². The molecule has 0 heterocycles. The molecule has 0 aliphatic heterocycles. The van der Waals surface area contributed by atoms with Gasteiger partial charge in [0.05, 0.1) is 50.6 Å². The second-order valence-corrected chi connectivity index (χ2v) is 13.6. The summed E-state index contributed by atoms with van der Waals surface area (Å²) < 4.78 is 26.8. The molecule has 0 radical (unpaired) electrons. The molecule has 0 unspecified atom stereocenters. The van der Waals surface area contributed by atoms with Crippen molar-refractivity contribution in [2.75, 3.05) is 52.4 Å². The molecule has 0 spiro atoms. The van der Waals surface area contributed by atoms with Crippen LogP contribution in [0.2, 0.25) is 0 Å². The summed E-state index contributed by atoms with van der Waals surface area (Å²) in [7, 11) is 0. The third kappa shape index (κ3) is 23.1. The molecule has 1 N–H and O–H groups in total. The van der Waals surface area contributed by atoms with Crippen molar-refractivity contribution in [3.8, 4) is 0 Å². The molecule has 15 heteroatoms. The summed E-state index contributed by atoms with van der Waals surface area (Å²) >= 11 is 0. The van der Waals surface area contributed by atoms with Crippen LogP contribution in [-0.4, -0.2) is 144 Å². The number of rotatable bonds is 23. The van der Waals surface area contributed by atoms with E-state index in [1.165, 1.54) is 9.80 Å². The predicted octanol–water partition coefficient (Wildman–Crippen LogP) is 2.27. The number of carbonyl (C=O) groups excluding carboxylic acids is 5. The molecule has 0 aromatic rings. The number of aliphatic carboxylic acids is 1. The van der Waals surface area contributed by atoms with Gasteiger partial charge < -0.3 is 28.8 Å². The Labute approximate surface area is 285 Å². The second kappa shape index (κ2) is 22.4. The highest BCUT2D eigenvalue weighted by Gasteiger charge is 2.32. The summed E-state index contributed by atoms with van der Waals surface area (Å²) in [4.78, 5) is 80.2. The zero-order valence-electron chi connectivity index (χ0n) is 30.7. The van der Waals surface area contributed by atoms with Crippen LogP contribution in [0.5, 0.6) is 0 Å². The zero-order chi connectivity index (χ0) is 37.2. The third-order valence-corrected chi connectivity index (χ3v) is 6.04. The van der Waals surface area contributed by atoms with E-state index in [4.69, 9.17) is 23.7 Å². The summed E-state index contributed by atoms with van der Waals surface area (Å²) in [6, 6.07) is -1.06. The summed E-state index contributed by atoms with van der Waals surface area (Å²) in [6.45, 7) is 17.9. The van der Waals surface area contributed by atoms with E-state index in [9.17, 15) is 33.9 Å². The first-order chi connectivity index (χ1) is 22.1. The quantitative estimate of drug-likeness (QED) is 0.122. The molecule has 0 aliphatic rings. The van der Waals surface area contributed by atoms with E-state index in [0.29, 0.717) is 0 Å². The molecule has 48 heavy (non-hydrogen) atoms. The summed E-state index contributed by atoms with van der Waals surface area (Å²) in [5.41, 5.74) is -0.884. The van der Waals surface area contributed by atoms with Crippen LogP contribution in [0.1, 0.15) is 89.0 Å². The number of hydrogen-bond donors (Lipinski definition) is 1. The van der Waals surface area contributed by atoms with Gasteiger partial charge in [0.15, 0.2) is 0 Å². The van der Waals surface area contributed by atoms with E-state index in [1.54, 1.807) is 81.1 Å². The minimum Gasteiger partial charge on any atom is -0.481 e. The van der Waals surface area contributed by atoms with E-state index < -0.39 is 47.5 Å². The van der Waals surface area contributed by atoms with E-state index in [1.807, 2.05) is 0 Å². The Morgan fingerprint density at radius 1 is 0.562 bits per heavy atom. The standard InChI is InChI=1S/C33H59N3O12/c1-22(2)44-28(39)18-34(19-29(40)45-23(3)4)14-16-36(26(12-13-27(37)38)32(43)48-33(9,10)11)17-15-35(20-30(41)46-24(5)6)21-31(42)47-25(7)8/h22-26H,12-21H2,1-11H3,(H,37,38)/t26-/m0/s1. The van der Waals surface area contributed by atoms with Crippen LogP contribution < -0.4 is 0 Å². The molecule has 0 saturated heterocycles. The Bertz CT molecular complexity index is 935. The number of ether oxygens (including phenoxy) is 5. The van der Waals surface area contributed by atoms with Crippen molar-refractivity contribution in [3.05, 3.63) is 0 Å². The van der Waals surface area contributed by atoms with Gasteiger partial charge in [0, 0.05) is 32.6 Å². The lowest BCUT2D eigenvalue weighted by Crippen LogP contribution is -2.51. The van der Waals surface area contributed by atoms with Crippen molar-refractivity contribution in [2.24, 2.45) is 0 Å². The maximum atomic E-state index is 13.5. The van der Waals surface area contributed by atoms with Gasteiger partial charge in [0.25, 0.3) is 0 Å². The van der Waals surface area contributed by atoms with Crippen molar-refractivity contribution in [1.29, 1.82) is 0 Å². The number of carbonyl (C=O) groups is 6. The molecule has 15 nitrogen and oxygen atoms in total. The van der Waals surface area contributed by atoms with Crippen molar-refractivity contribution < 1.29 is 57.6 Å². The van der Waals surface area contributed by atoms with E-state index in [2.05, 4.69) is 0 Å². The number of carboxylic acids is 1. The van der Waals surface area contributed by atoms with Crippen molar-refractivity contribution in [1.82, 2.24) is 14.7 Å². The maximum absolute atomic E-state index is 13.5. The molecule has 0 fully saturated rings. The van der Waals surface area contributed by atoms with Crippen LogP contribution in [0.15, 0.2) is 0 Å². The van der Waals surface area contributed by atoms with Crippen LogP contribution in [0.3, 0.4) is 0 Å². The van der Waals surface area contributed by atoms with Crippen LogP contribution in [0.25, 0.3) is 0 Å². The Balaban J connectivity index is 6.50. The van der Waals surface area contributed by atoms with E-state index >= 15 is 0 Å². The Hall–Kier alpha value is -3.30. The Morgan fingerprint density at radius 2 is 0.875 bits per heavy atom. The van der Waals surface area contributed by atoms with E-state index in [-0.39, 0.29) is 89.6 Å². The first-order valence-corrected chi connectivity index (χ1v) is 16.5. The van der Waals surface area contributed by atoms with Gasteiger partial charge in [0.2, 0.25) is 0 Å². The average Bonchev–Trinajstić information content (AvgIpc) is 2.86. The van der Waals surface area contributed by atoms with Crippen LogP contribution >= 0.6 is 0 Å². The van der Waals surface area contributed by atoms with Gasteiger partial charge >= 0.3 is 35.8 Å². The van der Waals surface area contributed by atoms with Crippen molar-refractivity contribution in [2.45, 2.75) is 125 Å². The molecule has 0 aromatic heterocycles. The Kier molecular flexibility index (Phi) is 20.8. The van der Waals surface area contributed by atoms with Crippen molar-refractivity contribution >= 4 is 35.8 Å². The molecular formula is C33H59N3O12. The third-order valence-electron chi connectivity index (χ3n) is 6.04. The molecule has 278 valence electrons. The van der Waals surface area contributed by atoms with Gasteiger partial charge in [0.1, 0.15) is 11.6 Å². The fraction of sp³-hybridized carbons (Fsp3) is 0.818. The second-order valence-electron chi connectivity index (χ2n) is 13.6. The highest BCUT2D eigenvalue weighted by Crippen LogP contribution is 2.16. The number of esters is 5. The molecule has 1 atom stereocenters. The fourth-order valence-electron chi connectivity index (χ4n) is 4.40. The highest BCUT2D eigenvalue weighted by atomic mass is 16.6. The molecule has 0 rings (SSSR count). The first-order valence-electron chi connectivity index (χ1n) is 16.5. The summed E-state index contributed by atoms with van der Waals surface area (Å²) in [5.74, 6) is -4.06. The lowest BCUT2D eigenvalue weighted by Gasteiger charge is -2.35. The smallest absolute Gasteiger partial charge is 0.323 e. The zero-order valence-corrected chi connectivity index (χ0v) is 30.7. The maximum Gasteiger partial charge on any atom is 0.323 e. The van der Waals surface area contributed by atoms with Crippen LogP contribution in [0, 0.1) is 0 Å². The lowest BCUT2D eigenvalue weighted by atomic mass is 10.1. The lowest BCUT2D eigenvalue weighted by molar-refractivity contribution is -0.163. The molecule has 0 saturated carbocycles. The Morgan fingerprint density at radius 3 is 1.12 bits per heavy atom. The van der Waals surface area contributed by atoms with Crippen LogP contribution in [-0.2, 0) is 52.5 Å². The normalized spacial score (nSPS) is 12.6. The SMILES string of the molecule is CC(C)OC(=O)CN(CCN(CCN(CC(=O)OC(C)C)CC(=O)OC(C)C)[C@@H](CCC(=O)O)C(=O)OC(C)(C)C)CC(=O)OC(C)C. The minimum atomic E-state index is -1.12. The summed E-state index contributed by atoms with van der Waals surface area (Å²) in [5, 5.41) is 9.49. The number of carboxylic acid groups (broad SMARTS) is 1. The van der Waals surface area contributed by atoms with Crippen molar-refractivity contribution in [3.63, 3.8) is 0 Å². The van der Waals surface area contributed by atoms with Gasteiger partial charge in [-0.2, -0.15) is 0 Å². The van der Waals surface area contributed by atoms with Gasteiger partial charge in [-0.15, -0.1) is 0 Å². The van der Waals surface area contributed by atoms with Gasteiger partial charge in [-0.05, 0) is 82.6 Å². The van der Waals surface area contributed by atoms with Crippen LogP contribution in [0.4, 0.5) is 0 Å². The molecule has 0 amide bonds. The molecule has 0 bridgehead atoms. The number of nitrogens with zero attached hydrogens (tertiary/aromatic N) is 3.